The van der Waals surface area contributed by atoms with Crippen molar-refractivity contribution < 1.29 is 14.7 Å². The molecule has 5 heteroatoms. The second-order valence-corrected chi connectivity index (χ2v) is 5.25. The highest BCUT2D eigenvalue weighted by molar-refractivity contribution is 5.79. The maximum Gasteiger partial charge on any atom is 0.317 e. The summed E-state index contributed by atoms with van der Waals surface area (Å²) in [5.74, 6) is -0.807. The molecule has 108 valence electrons. The summed E-state index contributed by atoms with van der Waals surface area (Å²) in [5.41, 5.74) is 0.254. The molecule has 20 heavy (non-hydrogen) atoms. The first kappa shape index (κ1) is 14.4. The first-order valence-corrected chi connectivity index (χ1v) is 6.87. The van der Waals surface area contributed by atoms with Crippen molar-refractivity contribution in [1.29, 1.82) is 0 Å². The summed E-state index contributed by atoms with van der Waals surface area (Å²) < 4.78 is 0. The molecule has 0 saturated carbocycles. The van der Waals surface area contributed by atoms with Crippen LogP contribution in [0.15, 0.2) is 30.3 Å². The molecule has 1 fully saturated rings. The molecule has 1 aromatic carbocycles. The van der Waals surface area contributed by atoms with Crippen molar-refractivity contribution in [3.8, 4) is 0 Å². The summed E-state index contributed by atoms with van der Waals surface area (Å²) in [7, 11) is 0. The fourth-order valence-corrected chi connectivity index (χ4v) is 2.55. The molecular weight excluding hydrogens is 256 g/mol. The van der Waals surface area contributed by atoms with Gasteiger partial charge in [0.25, 0.3) is 0 Å². The third-order valence-electron chi connectivity index (χ3n) is 4.06. The third kappa shape index (κ3) is 2.92. The van der Waals surface area contributed by atoms with E-state index in [1.54, 1.807) is 4.90 Å². The van der Waals surface area contributed by atoms with Crippen LogP contribution >= 0.6 is 0 Å². The highest BCUT2D eigenvalue weighted by atomic mass is 16.4. The van der Waals surface area contributed by atoms with Crippen molar-refractivity contribution >= 4 is 12.0 Å². The molecule has 2 rings (SSSR count). The quantitative estimate of drug-likeness (QED) is 0.884. The summed E-state index contributed by atoms with van der Waals surface area (Å²) in [5, 5.41) is 12.1. The number of hydrogen-bond donors (Lipinski definition) is 2. The van der Waals surface area contributed by atoms with Gasteiger partial charge in [0.15, 0.2) is 0 Å². The van der Waals surface area contributed by atoms with Gasteiger partial charge in [0.2, 0.25) is 0 Å². The lowest BCUT2D eigenvalue weighted by Gasteiger charge is -2.23. The van der Waals surface area contributed by atoms with Crippen LogP contribution in [-0.4, -0.2) is 35.1 Å². The van der Waals surface area contributed by atoms with E-state index < -0.39 is 11.4 Å². The van der Waals surface area contributed by atoms with Crippen molar-refractivity contribution in [2.24, 2.45) is 5.41 Å². The molecule has 1 aromatic rings. The topological polar surface area (TPSA) is 69.6 Å². The Kier molecular flexibility index (Phi) is 4.27. The molecule has 2 amide bonds. The molecule has 0 radical (unpaired) electrons. The van der Waals surface area contributed by atoms with Gasteiger partial charge in [-0.15, -0.1) is 0 Å². The average Bonchev–Trinajstić information content (AvgIpc) is 2.92. The molecule has 0 bridgehead atoms. The van der Waals surface area contributed by atoms with Crippen LogP contribution in [0.1, 0.15) is 25.3 Å². The Bertz CT molecular complexity index is 489. The van der Waals surface area contributed by atoms with Gasteiger partial charge in [0.1, 0.15) is 0 Å². The monoisotopic (exact) mass is 276 g/mol. The zero-order valence-electron chi connectivity index (χ0n) is 11.6. The Balaban J connectivity index is 1.90. The Hall–Kier alpha value is -2.04. The molecule has 1 aliphatic heterocycles. The number of benzene rings is 1. The highest BCUT2D eigenvalue weighted by Gasteiger charge is 2.44. The van der Waals surface area contributed by atoms with E-state index in [0.717, 1.165) is 5.56 Å². The molecule has 1 aliphatic rings. The van der Waals surface area contributed by atoms with Crippen molar-refractivity contribution in [2.45, 2.75) is 26.3 Å². The van der Waals surface area contributed by atoms with Gasteiger partial charge in [0.05, 0.1) is 5.41 Å². The zero-order valence-corrected chi connectivity index (χ0v) is 11.6. The maximum absolute atomic E-state index is 12.1. The van der Waals surface area contributed by atoms with E-state index in [4.69, 9.17) is 0 Å². The van der Waals surface area contributed by atoms with Crippen LogP contribution in [0.5, 0.6) is 0 Å². The normalized spacial score (nSPS) is 21.8. The largest absolute Gasteiger partial charge is 0.481 e. The van der Waals surface area contributed by atoms with E-state index >= 15 is 0 Å². The lowest BCUT2D eigenvalue weighted by Crippen LogP contribution is -2.41. The van der Waals surface area contributed by atoms with Crippen LogP contribution in [0.25, 0.3) is 0 Å². The van der Waals surface area contributed by atoms with Crippen molar-refractivity contribution in [3.63, 3.8) is 0 Å². The Morgan fingerprint density at radius 3 is 2.60 bits per heavy atom. The smallest absolute Gasteiger partial charge is 0.317 e. The summed E-state index contributed by atoms with van der Waals surface area (Å²) in [4.78, 5) is 25.0. The van der Waals surface area contributed by atoms with Crippen LogP contribution in [0.2, 0.25) is 0 Å². The molecule has 0 aliphatic carbocycles. The van der Waals surface area contributed by atoms with E-state index in [0.29, 0.717) is 32.5 Å². The molecule has 0 spiro atoms. The molecule has 1 atom stereocenters. The fraction of sp³-hybridized carbons (Fsp3) is 0.467. The first-order chi connectivity index (χ1) is 9.57. The molecular formula is C15H20N2O3. The third-order valence-corrected chi connectivity index (χ3v) is 4.06. The summed E-state index contributed by atoms with van der Waals surface area (Å²) in [6.07, 6.45) is 1.07. The lowest BCUT2D eigenvalue weighted by atomic mass is 9.84. The van der Waals surface area contributed by atoms with Crippen LogP contribution in [-0.2, 0) is 11.3 Å². The van der Waals surface area contributed by atoms with Crippen LogP contribution in [0.4, 0.5) is 4.79 Å². The summed E-state index contributed by atoms with van der Waals surface area (Å²) in [6, 6.07) is 9.46. The minimum absolute atomic E-state index is 0.189. The minimum Gasteiger partial charge on any atom is -0.481 e. The average molecular weight is 276 g/mol. The number of rotatable bonds is 4. The number of likely N-dealkylation sites (tertiary alicyclic amines) is 1. The number of carbonyl (C=O) groups excluding carboxylic acids is 1. The number of carboxylic acids is 1. The first-order valence-electron chi connectivity index (χ1n) is 6.87. The molecule has 1 heterocycles. The summed E-state index contributed by atoms with van der Waals surface area (Å²) >= 11 is 0. The van der Waals surface area contributed by atoms with Gasteiger partial charge in [-0.2, -0.15) is 0 Å². The van der Waals surface area contributed by atoms with Gasteiger partial charge in [-0.25, -0.2) is 4.79 Å². The van der Waals surface area contributed by atoms with Gasteiger partial charge in [-0.05, 0) is 18.4 Å². The van der Waals surface area contributed by atoms with Gasteiger partial charge in [-0.3, -0.25) is 4.79 Å². The van der Waals surface area contributed by atoms with E-state index in [1.165, 1.54) is 0 Å². The van der Waals surface area contributed by atoms with Crippen LogP contribution in [0, 0.1) is 5.41 Å². The number of amides is 2. The van der Waals surface area contributed by atoms with Gasteiger partial charge in [-0.1, -0.05) is 37.3 Å². The summed E-state index contributed by atoms with van der Waals surface area (Å²) in [6.45, 7) is 3.11. The van der Waals surface area contributed by atoms with Crippen molar-refractivity contribution in [2.75, 3.05) is 13.1 Å². The van der Waals surface area contributed by atoms with E-state index in [9.17, 15) is 14.7 Å². The Morgan fingerprint density at radius 1 is 1.35 bits per heavy atom. The van der Waals surface area contributed by atoms with Gasteiger partial charge >= 0.3 is 12.0 Å². The predicted molar refractivity (Wildman–Crippen MR) is 75.2 cm³/mol. The Morgan fingerprint density at radius 2 is 2.05 bits per heavy atom. The van der Waals surface area contributed by atoms with Gasteiger partial charge < -0.3 is 15.3 Å². The second kappa shape index (κ2) is 5.94. The zero-order chi connectivity index (χ0) is 14.6. The number of hydrogen-bond acceptors (Lipinski definition) is 2. The standard InChI is InChI=1S/C15H20N2O3/c1-2-15(13(18)19)8-9-17(11-15)14(20)16-10-12-6-4-3-5-7-12/h3-7H,2,8-11H2,1H3,(H,16,20)(H,18,19). The van der Waals surface area contributed by atoms with Crippen LogP contribution in [0.3, 0.4) is 0 Å². The maximum atomic E-state index is 12.1. The fourth-order valence-electron chi connectivity index (χ4n) is 2.55. The number of nitrogens with zero attached hydrogens (tertiary/aromatic N) is 1. The van der Waals surface area contributed by atoms with E-state index in [2.05, 4.69) is 5.32 Å². The number of urea groups is 1. The minimum atomic E-state index is -0.807. The molecule has 1 unspecified atom stereocenters. The number of aliphatic carboxylic acids is 1. The van der Waals surface area contributed by atoms with Gasteiger partial charge in [0, 0.05) is 19.6 Å². The number of nitrogens with one attached hydrogen (secondary N) is 1. The van der Waals surface area contributed by atoms with Crippen molar-refractivity contribution in [1.82, 2.24) is 10.2 Å². The number of carbonyl (C=O) groups is 2. The van der Waals surface area contributed by atoms with E-state index in [1.807, 2.05) is 37.3 Å². The number of carboxylic acid groups (broad SMARTS) is 1. The lowest BCUT2D eigenvalue weighted by molar-refractivity contribution is -0.148. The predicted octanol–water partition coefficient (Wildman–Crippen LogP) is 2.08. The van der Waals surface area contributed by atoms with Crippen molar-refractivity contribution in [3.05, 3.63) is 35.9 Å². The Labute approximate surface area is 118 Å². The van der Waals surface area contributed by atoms with E-state index in [-0.39, 0.29) is 6.03 Å². The highest BCUT2D eigenvalue weighted by Crippen LogP contribution is 2.34. The molecule has 5 nitrogen and oxygen atoms in total. The SMILES string of the molecule is CCC1(C(=O)O)CCN(C(=O)NCc2ccccc2)C1. The molecule has 1 saturated heterocycles. The molecule has 2 N–H and O–H groups in total. The second-order valence-electron chi connectivity index (χ2n) is 5.25. The van der Waals surface area contributed by atoms with Crippen LogP contribution < -0.4 is 5.32 Å². The molecule has 0 aromatic heterocycles.